The molecule has 4 amide bonds. The Balaban J connectivity index is 1.09. The van der Waals surface area contributed by atoms with E-state index in [2.05, 4.69) is 21.3 Å². The topological polar surface area (TPSA) is 168 Å². The predicted octanol–water partition coefficient (Wildman–Crippen LogP) is 4.35. The van der Waals surface area contributed by atoms with E-state index in [1.54, 1.807) is 30.3 Å². The normalized spacial score (nSPS) is 18.6. The molecule has 1 unspecified atom stereocenters. The summed E-state index contributed by atoms with van der Waals surface area (Å²) in [6.07, 6.45) is 7.49. The summed E-state index contributed by atoms with van der Waals surface area (Å²) in [6, 6.07) is 12.5. The van der Waals surface area contributed by atoms with Crippen molar-refractivity contribution in [3.8, 4) is 0 Å². The van der Waals surface area contributed by atoms with Crippen molar-refractivity contribution >= 4 is 50.5 Å². The number of nitrogens with zero attached hydrogens (tertiary/aromatic N) is 2. The number of thioether (sulfide) groups is 1. The Hall–Kier alpha value is -3.92. The van der Waals surface area contributed by atoms with Crippen molar-refractivity contribution < 1.29 is 27.2 Å². The van der Waals surface area contributed by atoms with Crippen molar-refractivity contribution in [3.05, 3.63) is 76.8 Å². The van der Waals surface area contributed by atoms with E-state index in [9.17, 15) is 27.2 Å². The van der Waals surface area contributed by atoms with Gasteiger partial charge in [-0.15, -0.1) is 0 Å². The number of amides is 4. The molecule has 0 spiro atoms. The molecule has 2 aliphatic rings. The van der Waals surface area contributed by atoms with E-state index >= 15 is 0 Å². The molecule has 3 heterocycles. The number of sulfonamides is 1. The van der Waals surface area contributed by atoms with E-state index in [0.717, 1.165) is 72.0 Å². The second kappa shape index (κ2) is 18.4. The monoisotopic (exact) mass is 769 g/mol. The Labute approximate surface area is 315 Å². The van der Waals surface area contributed by atoms with E-state index in [1.165, 1.54) is 24.5 Å². The van der Waals surface area contributed by atoms with E-state index in [0.29, 0.717) is 36.7 Å². The Kier molecular flexibility index (Phi) is 14.0. The summed E-state index contributed by atoms with van der Waals surface area (Å²) in [6.45, 7) is 3.09. The van der Waals surface area contributed by atoms with Crippen LogP contribution in [-0.2, 0) is 27.8 Å². The Bertz CT molecular complexity index is 1910. The number of nitrogens with two attached hydrogens (primary N) is 1. The first kappa shape index (κ1) is 40.3. The van der Waals surface area contributed by atoms with Crippen molar-refractivity contribution in [2.45, 2.75) is 87.1 Å². The first-order valence-electron chi connectivity index (χ1n) is 18.3. The molecule has 5 rings (SSSR count). The second-order valence-corrected chi connectivity index (χ2v) is 17.3. The quantitative estimate of drug-likeness (QED) is 0.0893. The zero-order valence-electron chi connectivity index (χ0n) is 30.8. The molecule has 0 saturated carbocycles. The highest BCUT2D eigenvalue weighted by Gasteiger charge is 2.42. The van der Waals surface area contributed by atoms with Crippen molar-refractivity contribution in [2.24, 2.45) is 5.73 Å². The minimum atomic E-state index is -3.57. The largest absolute Gasteiger partial charge is 0.356 e. The maximum absolute atomic E-state index is 14.7. The van der Waals surface area contributed by atoms with Crippen LogP contribution in [0.5, 0.6) is 0 Å². The van der Waals surface area contributed by atoms with Gasteiger partial charge in [-0.2, -0.15) is 11.8 Å². The van der Waals surface area contributed by atoms with Gasteiger partial charge in [0.1, 0.15) is 5.83 Å². The fraction of sp³-hybridized carbons (Fsp3) is 0.500. The average molecular weight is 770 g/mol. The molecule has 0 bridgehead atoms. The highest BCUT2D eigenvalue weighted by atomic mass is 32.2. The fourth-order valence-electron chi connectivity index (χ4n) is 6.98. The zero-order chi connectivity index (χ0) is 38.1. The van der Waals surface area contributed by atoms with Crippen LogP contribution in [0.1, 0.15) is 72.1 Å². The maximum atomic E-state index is 14.7. The number of carbonyl (C=O) groups excluding carboxylic acids is 3. The molecule has 12 nitrogen and oxygen atoms in total. The van der Waals surface area contributed by atoms with Crippen molar-refractivity contribution in [2.75, 3.05) is 39.5 Å². The number of hydrogen-bond acceptors (Lipinski definition) is 7. The number of aromatic nitrogens is 1. The van der Waals surface area contributed by atoms with Gasteiger partial charge in [0.05, 0.1) is 23.5 Å². The standard InChI is InChI=1S/C38H52FN7O5S2/c1-25-30(21-26-11-14-29(15-12-26)53(50,51)45(2)3)31-22-27(13-16-33(31)46(25)23-28(39)17-18-40)37(48)42-20-8-4-7-19-41-35(47)10-6-5-9-34-36-32(24-52-34)43-38(49)44-36/h11-17,22,32,34,36H,4-10,18-21,23-24,40H2,1-3H3,(H,41,47)(H,42,48)(H2,43,44,49)/b28-17-/t32-,34-,36?/m0/s1. The lowest BCUT2D eigenvalue weighted by molar-refractivity contribution is -0.121. The third-order valence-electron chi connectivity index (χ3n) is 9.99. The lowest BCUT2D eigenvalue weighted by atomic mass is 10.0. The van der Waals surface area contributed by atoms with E-state index in [1.807, 2.05) is 35.4 Å². The fourth-order valence-corrected chi connectivity index (χ4v) is 9.42. The summed E-state index contributed by atoms with van der Waals surface area (Å²) in [5, 5.41) is 13.2. The number of benzene rings is 2. The molecular formula is C38H52FN7O5S2. The predicted molar refractivity (Wildman–Crippen MR) is 208 cm³/mol. The van der Waals surface area contributed by atoms with E-state index in [-0.39, 0.29) is 53.7 Å². The lowest BCUT2D eigenvalue weighted by Crippen LogP contribution is -2.36. The van der Waals surface area contributed by atoms with Gasteiger partial charge in [0.2, 0.25) is 15.9 Å². The molecular weight excluding hydrogens is 718 g/mol. The number of allylic oxidation sites excluding steroid dienone is 1. The van der Waals surface area contributed by atoms with Crippen LogP contribution in [-0.4, -0.2) is 92.0 Å². The Morgan fingerprint density at radius 1 is 1.04 bits per heavy atom. The number of urea groups is 1. The van der Waals surface area contributed by atoms with Crippen LogP contribution in [0, 0.1) is 6.92 Å². The minimum Gasteiger partial charge on any atom is -0.356 e. The smallest absolute Gasteiger partial charge is 0.315 e. The molecule has 15 heteroatoms. The summed E-state index contributed by atoms with van der Waals surface area (Å²) in [4.78, 5) is 37.3. The van der Waals surface area contributed by atoms with Crippen LogP contribution in [0.25, 0.3) is 10.9 Å². The van der Waals surface area contributed by atoms with E-state index < -0.39 is 10.0 Å². The molecule has 2 saturated heterocycles. The first-order chi connectivity index (χ1) is 25.4. The van der Waals surface area contributed by atoms with Crippen molar-refractivity contribution in [1.29, 1.82) is 0 Å². The molecule has 6 N–H and O–H groups in total. The highest BCUT2D eigenvalue weighted by Crippen LogP contribution is 2.33. The number of fused-ring (bicyclic) bond motifs is 2. The SMILES string of the molecule is Cc1c(Cc2ccc(S(=O)(=O)N(C)C)cc2)c2cc(C(=O)NCCCCCNC(=O)CCCC[C@@H]3SC[C@@H]4NC(=O)NC43)ccc2n1C/C(F)=C/CN. The minimum absolute atomic E-state index is 0.00595. The molecule has 1 aromatic heterocycles. The van der Waals surface area contributed by atoms with Crippen LogP contribution < -0.4 is 27.0 Å². The molecule has 0 aliphatic carbocycles. The number of unbranched alkanes of at least 4 members (excludes halogenated alkanes) is 3. The summed E-state index contributed by atoms with van der Waals surface area (Å²) in [5.74, 6) is 0.430. The van der Waals surface area contributed by atoms with Crippen LogP contribution >= 0.6 is 11.8 Å². The molecule has 3 aromatic rings. The van der Waals surface area contributed by atoms with Gasteiger partial charge in [0.15, 0.2) is 0 Å². The van der Waals surface area contributed by atoms with Gasteiger partial charge in [-0.25, -0.2) is 21.9 Å². The maximum Gasteiger partial charge on any atom is 0.315 e. The molecule has 2 aliphatic heterocycles. The third kappa shape index (κ3) is 10.2. The van der Waals surface area contributed by atoms with Crippen LogP contribution in [0.2, 0.25) is 0 Å². The molecule has 0 radical (unpaired) electrons. The Morgan fingerprint density at radius 3 is 2.49 bits per heavy atom. The van der Waals surface area contributed by atoms with Crippen LogP contribution in [0.3, 0.4) is 0 Å². The van der Waals surface area contributed by atoms with Crippen molar-refractivity contribution in [1.82, 2.24) is 30.1 Å². The van der Waals surface area contributed by atoms with Gasteiger partial charge in [-0.3, -0.25) is 9.59 Å². The number of nitrogens with one attached hydrogen (secondary N) is 4. The average Bonchev–Trinajstić information content (AvgIpc) is 3.76. The molecule has 2 aromatic carbocycles. The molecule has 3 atom stereocenters. The number of carbonyl (C=O) groups is 3. The first-order valence-corrected chi connectivity index (χ1v) is 20.8. The van der Waals surface area contributed by atoms with E-state index in [4.69, 9.17) is 5.73 Å². The van der Waals surface area contributed by atoms with Crippen LogP contribution in [0.4, 0.5) is 9.18 Å². The van der Waals surface area contributed by atoms with Gasteiger partial charge in [-0.05, 0) is 93.0 Å². The number of halogens is 1. The summed E-state index contributed by atoms with van der Waals surface area (Å²) in [7, 11) is -0.590. The van der Waals surface area contributed by atoms with Gasteiger partial charge in [-0.1, -0.05) is 18.6 Å². The van der Waals surface area contributed by atoms with Gasteiger partial charge >= 0.3 is 6.03 Å². The van der Waals surface area contributed by atoms with Crippen LogP contribution in [0.15, 0.2) is 59.3 Å². The molecule has 53 heavy (non-hydrogen) atoms. The summed E-state index contributed by atoms with van der Waals surface area (Å²) in [5.41, 5.74) is 9.46. The molecule has 2 fully saturated rings. The number of rotatable bonds is 19. The summed E-state index contributed by atoms with van der Waals surface area (Å²) < 4.78 is 42.9. The van der Waals surface area contributed by atoms with Crippen molar-refractivity contribution in [3.63, 3.8) is 0 Å². The number of hydrogen-bond donors (Lipinski definition) is 5. The zero-order valence-corrected chi connectivity index (χ0v) is 32.4. The second-order valence-electron chi connectivity index (χ2n) is 13.9. The summed E-state index contributed by atoms with van der Waals surface area (Å²) >= 11 is 1.89. The highest BCUT2D eigenvalue weighted by molar-refractivity contribution is 8.00. The van der Waals surface area contributed by atoms with Gasteiger partial charge in [0.25, 0.3) is 5.91 Å². The van der Waals surface area contributed by atoms with Gasteiger partial charge < -0.3 is 31.6 Å². The van der Waals surface area contributed by atoms with Gasteiger partial charge in [0, 0.05) is 73.3 Å². The third-order valence-corrected chi connectivity index (χ3v) is 13.3. The molecule has 288 valence electrons. The lowest BCUT2D eigenvalue weighted by Gasteiger charge is -2.16. The Morgan fingerprint density at radius 2 is 1.77 bits per heavy atom.